The van der Waals surface area contributed by atoms with Crippen LogP contribution in [0.1, 0.15) is 0 Å². The number of rotatable bonds is 9. The molecular formula is C110H68N4O2. The van der Waals surface area contributed by atoms with Crippen LogP contribution in [0.3, 0.4) is 0 Å². The number of furan rings is 2. The second-order valence-electron chi connectivity index (χ2n) is 30.6. The third-order valence-electron chi connectivity index (χ3n) is 24.2. The Morgan fingerprint density at radius 1 is 0.147 bits per heavy atom. The van der Waals surface area contributed by atoms with E-state index in [-0.39, 0.29) is 0 Å². The molecule has 0 amide bonds. The van der Waals surface area contributed by atoms with Crippen molar-refractivity contribution >= 4 is 153 Å². The summed E-state index contributed by atoms with van der Waals surface area (Å²) in [6.07, 6.45) is 0. The van der Waals surface area contributed by atoms with E-state index in [1.165, 1.54) is 148 Å². The quantitative estimate of drug-likeness (QED) is 0.145. The average Bonchev–Trinajstić information content (AvgIpc) is 1.59. The van der Waals surface area contributed by atoms with Crippen LogP contribution in [0, 0.1) is 0 Å². The molecule has 0 atom stereocenters. The van der Waals surface area contributed by atoms with E-state index in [1.807, 2.05) is 24.3 Å². The Hall–Kier alpha value is -15.5. The van der Waals surface area contributed by atoms with Crippen LogP contribution in [0.15, 0.2) is 421 Å². The lowest BCUT2D eigenvalue weighted by atomic mass is 10.0. The minimum atomic E-state index is 0.910. The summed E-state index contributed by atoms with van der Waals surface area (Å²) >= 11 is 0. The van der Waals surface area contributed by atoms with Crippen LogP contribution in [-0.2, 0) is 0 Å². The highest BCUT2D eigenvalue weighted by atomic mass is 16.3. The molecule has 0 radical (unpaired) electrons. The van der Waals surface area contributed by atoms with Gasteiger partial charge in [0.2, 0.25) is 0 Å². The molecule has 0 fully saturated rings. The van der Waals surface area contributed by atoms with Crippen LogP contribution in [0.2, 0.25) is 0 Å². The summed E-state index contributed by atoms with van der Waals surface area (Å²) in [6.45, 7) is 0. The molecule has 6 heteroatoms. The Kier molecular flexibility index (Phi) is 14.7. The molecule has 0 bridgehead atoms. The fraction of sp³-hybridized carbons (Fsp3) is 0. The standard InChI is InChI=1S/C58H36N2O.C52H32N2O/c1-2-11-40-34-41(21-20-37(40)10-1)38-22-28-44(29-23-38)59-54-18-7-4-13-48(54)52-35-42(27-33-55(52)59)39-24-30-45(31-25-39)60-53-17-6-3-12-47(53)49-32-26-43(36-56(49)60)46-15-9-16-51-50-14-5-8-19-57(50)61-58(46)51;1-2-11-35-30-39(27-22-33(35)10-1)54-48-18-7-4-13-42(48)46-31-36(24-29-49(46)54)34-20-25-38(26-21-34)53-47-17-6-3-12-41(47)43-28-23-37(32-50(43)53)40-15-9-16-45-44-14-5-8-19-51(44)55-52(40)45/h1-36H;1-32H. The summed E-state index contributed by atoms with van der Waals surface area (Å²) in [6, 6.07) is 150. The lowest BCUT2D eigenvalue weighted by Crippen LogP contribution is -1.94. The largest absolute Gasteiger partial charge is 0.455 e. The highest BCUT2D eigenvalue weighted by molar-refractivity contribution is 6.17. The molecule has 116 heavy (non-hydrogen) atoms. The molecule has 25 rings (SSSR count). The maximum absolute atomic E-state index is 6.48. The zero-order valence-corrected chi connectivity index (χ0v) is 62.9. The third-order valence-corrected chi connectivity index (χ3v) is 24.2. The second kappa shape index (κ2) is 26.1. The van der Waals surface area contributed by atoms with Gasteiger partial charge in [-0.05, 0) is 193 Å². The molecule has 25 aromatic rings. The normalized spacial score (nSPS) is 12.0. The lowest BCUT2D eigenvalue weighted by molar-refractivity contribution is 0.669. The molecule has 0 saturated heterocycles. The lowest BCUT2D eigenvalue weighted by Gasteiger charge is -2.11. The van der Waals surface area contributed by atoms with Gasteiger partial charge in [-0.3, -0.25) is 0 Å². The van der Waals surface area contributed by atoms with Gasteiger partial charge in [0.05, 0.1) is 44.1 Å². The molecule has 0 aliphatic carbocycles. The average molecular weight is 1480 g/mol. The number of aromatic nitrogens is 4. The van der Waals surface area contributed by atoms with Gasteiger partial charge in [0.15, 0.2) is 0 Å². The summed E-state index contributed by atoms with van der Waals surface area (Å²) in [5.74, 6) is 0. The van der Waals surface area contributed by atoms with Gasteiger partial charge in [-0.15, -0.1) is 0 Å². The van der Waals surface area contributed by atoms with Crippen LogP contribution < -0.4 is 0 Å². The molecule has 0 saturated carbocycles. The van der Waals surface area contributed by atoms with Crippen molar-refractivity contribution in [1.29, 1.82) is 0 Å². The van der Waals surface area contributed by atoms with Crippen LogP contribution in [-0.4, -0.2) is 18.3 Å². The van der Waals surface area contributed by atoms with Gasteiger partial charge in [-0.1, -0.05) is 285 Å². The summed E-state index contributed by atoms with van der Waals surface area (Å²) in [7, 11) is 0. The number of hydrogen-bond acceptors (Lipinski definition) is 2. The molecule has 6 nitrogen and oxygen atoms in total. The summed E-state index contributed by atoms with van der Waals surface area (Å²) < 4.78 is 22.5. The zero-order chi connectivity index (χ0) is 76.1. The van der Waals surface area contributed by atoms with Gasteiger partial charge in [-0.2, -0.15) is 0 Å². The topological polar surface area (TPSA) is 46.0 Å². The molecule has 19 aromatic carbocycles. The van der Waals surface area contributed by atoms with E-state index >= 15 is 0 Å². The molecule has 0 unspecified atom stereocenters. The van der Waals surface area contributed by atoms with E-state index < -0.39 is 0 Å². The SMILES string of the molecule is c1ccc2cc(-c3ccc(-n4c5ccccc5c5cc(-c6ccc(-n7c8ccccc8c8ccc(-c9cccc%10c9oc9ccccc9%10)cc87)cc6)ccc54)cc3)ccc2c1.c1ccc2cc(-n3c4ccccc4c4cc(-c5ccc(-n6c7ccccc7c7ccc(-c8cccc9c8oc8ccccc89)cc76)cc5)ccc43)ccc2c1. The van der Waals surface area contributed by atoms with E-state index in [0.717, 1.165) is 83.2 Å². The Bertz CT molecular complexity index is 8330. The Morgan fingerprint density at radius 3 is 0.888 bits per heavy atom. The zero-order valence-electron chi connectivity index (χ0n) is 62.9. The van der Waals surface area contributed by atoms with Crippen molar-refractivity contribution in [2.45, 2.75) is 0 Å². The third kappa shape index (κ3) is 10.4. The van der Waals surface area contributed by atoms with Crippen LogP contribution in [0.5, 0.6) is 0 Å². The van der Waals surface area contributed by atoms with E-state index in [2.05, 4.69) is 407 Å². The first-order chi connectivity index (χ1) is 57.5. The van der Waals surface area contributed by atoms with Crippen molar-refractivity contribution in [2.24, 2.45) is 0 Å². The highest BCUT2D eigenvalue weighted by Gasteiger charge is 2.22. The van der Waals surface area contributed by atoms with Crippen LogP contribution in [0.4, 0.5) is 0 Å². The summed E-state index contributed by atoms with van der Waals surface area (Å²) in [4.78, 5) is 0. The molecule has 0 aliphatic rings. The van der Waals surface area contributed by atoms with E-state index in [0.29, 0.717) is 0 Å². The Balaban J connectivity index is 0.000000134. The summed E-state index contributed by atoms with van der Waals surface area (Å²) in [5, 5.41) is 19.5. The van der Waals surface area contributed by atoms with Gasteiger partial charge in [-0.25, -0.2) is 0 Å². The van der Waals surface area contributed by atoms with Gasteiger partial charge in [0, 0.05) is 98.5 Å². The number of fused-ring (bicyclic) bond motifs is 20. The molecule has 6 aromatic heterocycles. The van der Waals surface area contributed by atoms with E-state index in [4.69, 9.17) is 8.83 Å². The van der Waals surface area contributed by atoms with Crippen molar-refractivity contribution in [2.75, 3.05) is 0 Å². The van der Waals surface area contributed by atoms with E-state index in [1.54, 1.807) is 0 Å². The smallest absolute Gasteiger partial charge is 0.143 e. The molecule has 0 spiro atoms. The van der Waals surface area contributed by atoms with Crippen molar-refractivity contribution < 1.29 is 8.83 Å². The van der Waals surface area contributed by atoms with Crippen molar-refractivity contribution in [3.63, 3.8) is 0 Å². The Morgan fingerprint density at radius 2 is 0.440 bits per heavy atom. The minimum Gasteiger partial charge on any atom is -0.455 e. The predicted molar refractivity (Wildman–Crippen MR) is 487 cm³/mol. The first kappa shape index (κ1) is 65.2. The highest BCUT2D eigenvalue weighted by Crippen LogP contribution is 2.45. The fourth-order valence-corrected chi connectivity index (χ4v) is 18.7. The fourth-order valence-electron chi connectivity index (χ4n) is 18.7. The molecule has 6 heterocycles. The first-order valence-electron chi connectivity index (χ1n) is 39.7. The van der Waals surface area contributed by atoms with Gasteiger partial charge in [0.1, 0.15) is 22.3 Å². The van der Waals surface area contributed by atoms with Gasteiger partial charge in [0.25, 0.3) is 0 Å². The van der Waals surface area contributed by atoms with Crippen LogP contribution >= 0.6 is 0 Å². The Labute approximate surface area is 666 Å². The maximum atomic E-state index is 6.48. The van der Waals surface area contributed by atoms with Crippen LogP contribution in [0.25, 0.3) is 231 Å². The molecular weight excluding hydrogens is 1410 g/mol. The molecule has 0 aliphatic heterocycles. The molecule has 540 valence electrons. The maximum Gasteiger partial charge on any atom is 0.143 e. The minimum absolute atomic E-state index is 0.910. The number of benzene rings is 19. The van der Waals surface area contributed by atoms with Crippen molar-refractivity contribution in [3.8, 4) is 78.4 Å². The first-order valence-corrected chi connectivity index (χ1v) is 39.7. The second-order valence-corrected chi connectivity index (χ2v) is 30.6. The van der Waals surface area contributed by atoms with Crippen molar-refractivity contribution in [1.82, 2.24) is 18.3 Å². The number of hydrogen-bond donors (Lipinski definition) is 0. The van der Waals surface area contributed by atoms with Gasteiger partial charge < -0.3 is 27.1 Å². The molecule has 0 N–H and O–H groups in total. The summed E-state index contributed by atoms with van der Waals surface area (Å²) in [5.41, 5.74) is 29.4. The number of nitrogens with zero attached hydrogens (tertiary/aromatic N) is 4. The predicted octanol–water partition coefficient (Wildman–Crippen LogP) is 30.2. The monoisotopic (exact) mass is 1480 g/mol. The van der Waals surface area contributed by atoms with Gasteiger partial charge >= 0.3 is 0 Å². The van der Waals surface area contributed by atoms with Crippen molar-refractivity contribution in [3.05, 3.63) is 413 Å². The van der Waals surface area contributed by atoms with E-state index in [9.17, 15) is 0 Å². The number of para-hydroxylation sites is 8.